The first kappa shape index (κ1) is 21.4. The van der Waals surface area contributed by atoms with Crippen LogP contribution in [0.5, 0.6) is 11.5 Å². The Morgan fingerprint density at radius 2 is 1.70 bits per heavy atom. The van der Waals surface area contributed by atoms with E-state index in [1.54, 1.807) is 29.2 Å². The molecule has 3 rings (SSSR count). The lowest BCUT2D eigenvalue weighted by Gasteiger charge is -2.38. The number of aromatic hydroxyl groups is 2. The van der Waals surface area contributed by atoms with Gasteiger partial charge in [-0.1, -0.05) is 13.0 Å². The fourth-order valence-corrected chi connectivity index (χ4v) is 3.82. The Hall–Kier alpha value is -3.32. The van der Waals surface area contributed by atoms with Crippen LogP contribution in [0.2, 0.25) is 0 Å². The van der Waals surface area contributed by atoms with E-state index in [9.17, 15) is 24.9 Å². The molecule has 2 atom stereocenters. The predicted molar refractivity (Wildman–Crippen MR) is 115 cm³/mol. The summed E-state index contributed by atoms with van der Waals surface area (Å²) in [4.78, 5) is 29.1. The molecule has 1 aromatic heterocycles. The molecule has 0 unspecified atom stereocenters. The van der Waals surface area contributed by atoms with Crippen molar-refractivity contribution in [1.29, 1.82) is 0 Å². The first-order valence-corrected chi connectivity index (χ1v) is 9.89. The molecule has 0 aliphatic carbocycles. The number of H-pyrrole nitrogens is 1. The number of rotatable bonds is 6. The Labute approximate surface area is 174 Å². The third-order valence-corrected chi connectivity index (χ3v) is 5.27. The van der Waals surface area contributed by atoms with Gasteiger partial charge in [-0.15, -0.1) is 0 Å². The summed E-state index contributed by atoms with van der Waals surface area (Å²) in [5.74, 6) is -0.278. The molecule has 0 aliphatic heterocycles. The van der Waals surface area contributed by atoms with Crippen LogP contribution in [-0.4, -0.2) is 43.2 Å². The lowest BCUT2D eigenvalue weighted by Crippen LogP contribution is -2.47. The molecule has 0 aliphatic rings. The van der Waals surface area contributed by atoms with Crippen LogP contribution in [-0.2, 0) is 0 Å². The molecule has 0 saturated heterocycles. The van der Waals surface area contributed by atoms with Crippen LogP contribution in [0.15, 0.2) is 53.3 Å². The third kappa shape index (κ3) is 4.02. The SMILES string of the molecule is CC[C@@H]([C@H](O)c1ccc(O)c2[nH]c(=O)ccc12)N(C(=O)c1ccc(O)cc1)C(C)C. The number of hydrogen-bond donors (Lipinski definition) is 4. The smallest absolute Gasteiger partial charge is 0.254 e. The highest BCUT2D eigenvalue weighted by molar-refractivity contribution is 5.95. The van der Waals surface area contributed by atoms with Crippen molar-refractivity contribution in [3.8, 4) is 11.5 Å². The van der Waals surface area contributed by atoms with E-state index in [2.05, 4.69) is 4.98 Å². The Morgan fingerprint density at radius 1 is 1.03 bits per heavy atom. The van der Waals surface area contributed by atoms with Gasteiger partial charge in [0.15, 0.2) is 0 Å². The average molecular weight is 410 g/mol. The number of carbonyl (C=O) groups is 1. The number of carbonyl (C=O) groups excluding carboxylic acids is 1. The van der Waals surface area contributed by atoms with Crippen molar-refractivity contribution in [3.05, 3.63) is 70.0 Å². The highest BCUT2D eigenvalue weighted by Crippen LogP contribution is 2.33. The lowest BCUT2D eigenvalue weighted by atomic mass is 9.93. The molecule has 7 heteroatoms. The summed E-state index contributed by atoms with van der Waals surface area (Å²) >= 11 is 0. The molecule has 0 fully saturated rings. The van der Waals surface area contributed by atoms with Crippen molar-refractivity contribution >= 4 is 16.8 Å². The molecular formula is C23H26N2O5. The molecular weight excluding hydrogens is 384 g/mol. The van der Waals surface area contributed by atoms with E-state index in [4.69, 9.17) is 0 Å². The maximum Gasteiger partial charge on any atom is 0.254 e. The molecule has 4 N–H and O–H groups in total. The summed E-state index contributed by atoms with van der Waals surface area (Å²) in [6, 6.07) is 11.2. The minimum atomic E-state index is -1.05. The van der Waals surface area contributed by atoms with Crippen LogP contribution in [0.3, 0.4) is 0 Å². The van der Waals surface area contributed by atoms with Crippen LogP contribution in [0.4, 0.5) is 0 Å². The van der Waals surface area contributed by atoms with E-state index in [0.717, 1.165) is 0 Å². The number of benzene rings is 2. The van der Waals surface area contributed by atoms with Gasteiger partial charge in [0.05, 0.1) is 11.6 Å². The number of nitrogens with one attached hydrogen (secondary N) is 1. The van der Waals surface area contributed by atoms with Crippen LogP contribution in [0, 0.1) is 0 Å². The van der Waals surface area contributed by atoms with Gasteiger partial charge in [0.25, 0.3) is 5.91 Å². The van der Waals surface area contributed by atoms with Crippen molar-refractivity contribution in [1.82, 2.24) is 9.88 Å². The number of fused-ring (bicyclic) bond motifs is 1. The maximum atomic E-state index is 13.2. The largest absolute Gasteiger partial charge is 0.508 e. The summed E-state index contributed by atoms with van der Waals surface area (Å²) in [5, 5.41) is 31.4. The molecule has 1 heterocycles. The number of aliphatic hydroxyl groups is 1. The van der Waals surface area contributed by atoms with Gasteiger partial charge in [-0.3, -0.25) is 9.59 Å². The number of amides is 1. The maximum absolute atomic E-state index is 13.2. The fourth-order valence-electron chi connectivity index (χ4n) is 3.82. The standard InChI is InChI=1S/C23H26N2O5/c1-4-18(25(13(2)3)23(30)14-5-7-15(26)8-6-14)22(29)17-9-11-19(27)21-16(17)10-12-20(28)24-21/h5-13,18,22,26-27,29H,4H2,1-3H3,(H,24,28)/t18-,22+/m0/s1. The molecule has 158 valence electrons. The second-order valence-corrected chi connectivity index (χ2v) is 7.56. The summed E-state index contributed by atoms with van der Waals surface area (Å²) in [7, 11) is 0. The van der Waals surface area contributed by atoms with Crippen molar-refractivity contribution in [3.63, 3.8) is 0 Å². The summed E-state index contributed by atoms with van der Waals surface area (Å²) < 4.78 is 0. The Morgan fingerprint density at radius 3 is 2.30 bits per heavy atom. The Balaban J connectivity index is 2.05. The molecule has 2 aromatic carbocycles. The second kappa shape index (κ2) is 8.59. The van der Waals surface area contributed by atoms with Crippen LogP contribution < -0.4 is 5.56 Å². The fraction of sp³-hybridized carbons (Fsp3) is 0.304. The highest BCUT2D eigenvalue weighted by atomic mass is 16.3. The summed E-state index contributed by atoms with van der Waals surface area (Å²) in [5.41, 5.74) is 0.805. The Bertz CT molecular complexity index is 1100. The highest BCUT2D eigenvalue weighted by Gasteiger charge is 2.33. The Kier molecular flexibility index (Phi) is 6.12. The summed E-state index contributed by atoms with van der Waals surface area (Å²) in [6.45, 7) is 5.64. The number of phenolic OH excluding ortho intramolecular Hbond substituents is 2. The van der Waals surface area contributed by atoms with Crippen LogP contribution >= 0.6 is 0 Å². The van der Waals surface area contributed by atoms with Gasteiger partial charge in [0.1, 0.15) is 17.6 Å². The van der Waals surface area contributed by atoms with E-state index in [1.165, 1.54) is 24.3 Å². The second-order valence-electron chi connectivity index (χ2n) is 7.56. The first-order valence-electron chi connectivity index (χ1n) is 9.89. The average Bonchev–Trinajstić information content (AvgIpc) is 2.72. The zero-order valence-electron chi connectivity index (χ0n) is 17.2. The molecule has 1 amide bonds. The minimum Gasteiger partial charge on any atom is -0.508 e. The van der Waals surface area contributed by atoms with Gasteiger partial charge in [-0.2, -0.15) is 0 Å². The van der Waals surface area contributed by atoms with Crippen molar-refractivity contribution in [2.24, 2.45) is 0 Å². The monoisotopic (exact) mass is 410 g/mol. The zero-order chi connectivity index (χ0) is 22.0. The lowest BCUT2D eigenvalue weighted by molar-refractivity contribution is 0.0234. The number of nitrogens with zero attached hydrogens (tertiary/aromatic N) is 1. The molecule has 0 radical (unpaired) electrons. The molecule has 3 aromatic rings. The van der Waals surface area contributed by atoms with Gasteiger partial charge >= 0.3 is 0 Å². The van der Waals surface area contributed by atoms with E-state index < -0.39 is 12.1 Å². The van der Waals surface area contributed by atoms with Gasteiger partial charge in [-0.25, -0.2) is 0 Å². The number of phenols is 2. The number of pyridine rings is 1. The normalized spacial score (nSPS) is 13.4. The van der Waals surface area contributed by atoms with Crippen molar-refractivity contribution in [2.45, 2.75) is 45.4 Å². The topological polar surface area (TPSA) is 114 Å². The number of aliphatic hydroxyl groups excluding tert-OH is 1. The van der Waals surface area contributed by atoms with Gasteiger partial charge in [0, 0.05) is 23.1 Å². The quantitative estimate of drug-likeness (QED) is 0.498. The molecule has 30 heavy (non-hydrogen) atoms. The number of aromatic amines is 1. The molecule has 0 bridgehead atoms. The van der Waals surface area contributed by atoms with Crippen LogP contribution in [0.1, 0.15) is 49.2 Å². The molecule has 0 saturated carbocycles. The van der Waals surface area contributed by atoms with E-state index >= 15 is 0 Å². The zero-order valence-corrected chi connectivity index (χ0v) is 17.2. The summed E-state index contributed by atoms with van der Waals surface area (Å²) in [6.07, 6.45) is -0.568. The third-order valence-electron chi connectivity index (χ3n) is 5.27. The van der Waals surface area contributed by atoms with Gasteiger partial charge < -0.3 is 25.2 Å². The van der Waals surface area contributed by atoms with Gasteiger partial charge in [-0.05, 0) is 62.2 Å². The number of hydrogen-bond acceptors (Lipinski definition) is 5. The van der Waals surface area contributed by atoms with Crippen LogP contribution in [0.25, 0.3) is 10.9 Å². The van der Waals surface area contributed by atoms with Gasteiger partial charge in [0.2, 0.25) is 5.56 Å². The molecule has 7 nitrogen and oxygen atoms in total. The van der Waals surface area contributed by atoms with E-state index in [1.807, 2.05) is 20.8 Å². The molecule has 0 spiro atoms. The van der Waals surface area contributed by atoms with Crippen molar-refractivity contribution < 1.29 is 20.1 Å². The van der Waals surface area contributed by atoms with E-state index in [-0.39, 0.29) is 34.5 Å². The number of aromatic nitrogens is 1. The van der Waals surface area contributed by atoms with Crippen molar-refractivity contribution in [2.75, 3.05) is 0 Å². The minimum absolute atomic E-state index is 0.0688. The van der Waals surface area contributed by atoms with E-state index in [0.29, 0.717) is 22.9 Å². The predicted octanol–water partition coefficient (Wildman–Crippen LogP) is 3.30. The first-order chi connectivity index (χ1) is 14.2.